The summed E-state index contributed by atoms with van der Waals surface area (Å²) < 4.78 is 1.83. The minimum atomic E-state index is 0.103. The fourth-order valence-electron chi connectivity index (χ4n) is 0.907. The van der Waals surface area contributed by atoms with Gasteiger partial charge in [-0.3, -0.25) is 4.68 Å². The molecule has 12 heavy (non-hydrogen) atoms. The Balaban J connectivity index is 3.04. The van der Waals surface area contributed by atoms with Gasteiger partial charge in [-0.15, -0.1) is 0 Å². The fourth-order valence-corrected chi connectivity index (χ4v) is 0.907. The van der Waals surface area contributed by atoms with E-state index in [2.05, 4.69) is 30.9 Å². The van der Waals surface area contributed by atoms with E-state index in [-0.39, 0.29) is 5.41 Å². The molecule has 0 atom stereocenters. The van der Waals surface area contributed by atoms with Crippen molar-refractivity contribution in [3.05, 3.63) is 11.6 Å². The first-order chi connectivity index (χ1) is 5.47. The monoisotopic (exact) mass is 167 g/mol. The van der Waals surface area contributed by atoms with Gasteiger partial charge in [0, 0.05) is 12.5 Å². The molecule has 0 amide bonds. The smallest absolute Gasteiger partial charge is 0.156 e. The van der Waals surface area contributed by atoms with Gasteiger partial charge in [-0.05, 0) is 13.3 Å². The van der Waals surface area contributed by atoms with Crippen LogP contribution in [0.3, 0.4) is 0 Å². The van der Waals surface area contributed by atoms with Crippen LogP contribution in [0, 0.1) is 6.92 Å². The Kier molecular flexibility index (Phi) is 2.22. The summed E-state index contributed by atoms with van der Waals surface area (Å²) in [5, 5.41) is 4.36. The van der Waals surface area contributed by atoms with E-state index in [1.807, 2.05) is 18.7 Å². The molecular formula is C9H17N3. The molecule has 1 aromatic rings. The third kappa shape index (κ3) is 1.49. The van der Waals surface area contributed by atoms with Gasteiger partial charge in [0.15, 0.2) is 5.82 Å². The molecule has 1 heterocycles. The molecule has 68 valence electrons. The van der Waals surface area contributed by atoms with Crippen molar-refractivity contribution >= 4 is 0 Å². The molecule has 0 bridgehead atoms. The molecule has 3 nitrogen and oxygen atoms in total. The summed E-state index contributed by atoms with van der Waals surface area (Å²) in [4.78, 5) is 4.40. The van der Waals surface area contributed by atoms with Gasteiger partial charge in [-0.25, -0.2) is 4.98 Å². The normalized spacial score (nSPS) is 12.1. The standard InChI is InChI=1S/C9H17N3/c1-6-9(3,4)8-10-7(2)12(5)11-8/h6H2,1-5H3. The minimum Gasteiger partial charge on any atom is -0.253 e. The van der Waals surface area contributed by atoms with Gasteiger partial charge in [0.2, 0.25) is 0 Å². The van der Waals surface area contributed by atoms with E-state index in [0.29, 0.717) is 0 Å². The van der Waals surface area contributed by atoms with E-state index in [1.165, 1.54) is 0 Å². The Hall–Kier alpha value is -0.860. The molecule has 1 aromatic heterocycles. The van der Waals surface area contributed by atoms with Crippen LogP contribution >= 0.6 is 0 Å². The highest BCUT2D eigenvalue weighted by molar-refractivity contribution is 5.03. The maximum absolute atomic E-state index is 4.40. The third-order valence-electron chi connectivity index (χ3n) is 2.47. The van der Waals surface area contributed by atoms with Crippen molar-refractivity contribution in [2.75, 3.05) is 0 Å². The van der Waals surface area contributed by atoms with E-state index in [4.69, 9.17) is 0 Å². The maximum Gasteiger partial charge on any atom is 0.156 e. The Morgan fingerprint density at radius 3 is 2.33 bits per heavy atom. The average molecular weight is 167 g/mol. The number of nitrogens with zero attached hydrogens (tertiary/aromatic N) is 3. The second-order valence-corrected chi connectivity index (χ2v) is 3.84. The largest absolute Gasteiger partial charge is 0.253 e. The number of hydrogen-bond donors (Lipinski definition) is 0. The highest BCUT2D eigenvalue weighted by atomic mass is 15.3. The van der Waals surface area contributed by atoms with Gasteiger partial charge < -0.3 is 0 Å². The van der Waals surface area contributed by atoms with Gasteiger partial charge in [0.25, 0.3) is 0 Å². The third-order valence-corrected chi connectivity index (χ3v) is 2.47. The lowest BCUT2D eigenvalue weighted by molar-refractivity contribution is 0.469. The number of hydrogen-bond acceptors (Lipinski definition) is 2. The predicted molar refractivity (Wildman–Crippen MR) is 49.1 cm³/mol. The highest BCUT2D eigenvalue weighted by Crippen LogP contribution is 2.23. The van der Waals surface area contributed by atoms with Crippen molar-refractivity contribution < 1.29 is 0 Å². The highest BCUT2D eigenvalue weighted by Gasteiger charge is 2.23. The van der Waals surface area contributed by atoms with Crippen LogP contribution in [0.15, 0.2) is 0 Å². The molecule has 0 aliphatic carbocycles. The molecule has 0 N–H and O–H groups in total. The lowest BCUT2D eigenvalue weighted by atomic mass is 9.90. The van der Waals surface area contributed by atoms with Crippen LogP contribution in [0.4, 0.5) is 0 Å². The molecule has 0 unspecified atom stereocenters. The summed E-state index contributed by atoms with van der Waals surface area (Å²) in [5.74, 6) is 1.93. The molecule has 1 rings (SSSR count). The van der Waals surface area contributed by atoms with Crippen molar-refractivity contribution in [1.82, 2.24) is 14.8 Å². The molecule has 0 saturated carbocycles. The number of rotatable bonds is 2. The van der Waals surface area contributed by atoms with Crippen LogP contribution in [0.1, 0.15) is 38.8 Å². The first-order valence-electron chi connectivity index (χ1n) is 4.35. The van der Waals surface area contributed by atoms with Gasteiger partial charge in [0.05, 0.1) is 0 Å². The molecule has 0 aliphatic rings. The molecule has 0 radical (unpaired) electrons. The Labute approximate surface area is 73.8 Å². The predicted octanol–water partition coefficient (Wildman–Crippen LogP) is 1.81. The van der Waals surface area contributed by atoms with Gasteiger partial charge in [-0.1, -0.05) is 20.8 Å². The quantitative estimate of drug-likeness (QED) is 0.672. The van der Waals surface area contributed by atoms with Crippen LogP contribution in [0.2, 0.25) is 0 Å². The summed E-state index contributed by atoms with van der Waals surface area (Å²) in [5.41, 5.74) is 0.103. The number of aromatic nitrogens is 3. The van der Waals surface area contributed by atoms with E-state index in [9.17, 15) is 0 Å². The number of aryl methyl sites for hydroxylation is 2. The van der Waals surface area contributed by atoms with E-state index >= 15 is 0 Å². The molecule has 0 saturated heterocycles. The van der Waals surface area contributed by atoms with Crippen molar-refractivity contribution in [1.29, 1.82) is 0 Å². The second kappa shape index (κ2) is 2.88. The topological polar surface area (TPSA) is 30.7 Å². The van der Waals surface area contributed by atoms with E-state index < -0.39 is 0 Å². The van der Waals surface area contributed by atoms with Crippen LogP contribution in [0.5, 0.6) is 0 Å². The zero-order chi connectivity index (χ0) is 9.35. The Morgan fingerprint density at radius 1 is 1.42 bits per heavy atom. The van der Waals surface area contributed by atoms with Crippen molar-refractivity contribution in [2.24, 2.45) is 7.05 Å². The molecular weight excluding hydrogens is 150 g/mol. The Morgan fingerprint density at radius 2 is 2.00 bits per heavy atom. The van der Waals surface area contributed by atoms with E-state index in [1.54, 1.807) is 0 Å². The maximum atomic E-state index is 4.40. The van der Waals surface area contributed by atoms with Crippen LogP contribution < -0.4 is 0 Å². The summed E-state index contributed by atoms with van der Waals surface area (Å²) >= 11 is 0. The molecule has 0 aromatic carbocycles. The zero-order valence-corrected chi connectivity index (χ0v) is 8.55. The van der Waals surface area contributed by atoms with Crippen LogP contribution in [-0.4, -0.2) is 14.8 Å². The Bertz CT molecular complexity index is 254. The molecule has 0 aliphatic heterocycles. The summed E-state index contributed by atoms with van der Waals surface area (Å²) in [6.45, 7) is 8.47. The molecule has 0 fully saturated rings. The fraction of sp³-hybridized carbons (Fsp3) is 0.778. The summed E-state index contributed by atoms with van der Waals surface area (Å²) in [6.07, 6.45) is 1.07. The summed E-state index contributed by atoms with van der Waals surface area (Å²) in [6, 6.07) is 0. The SMILES string of the molecule is CCC(C)(C)c1nc(C)n(C)n1. The molecule has 3 heteroatoms. The minimum absolute atomic E-state index is 0.103. The van der Waals surface area contributed by atoms with Crippen molar-refractivity contribution in [3.63, 3.8) is 0 Å². The molecule has 0 spiro atoms. The van der Waals surface area contributed by atoms with Gasteiger partial charge in [-0.2, -0.15) is 5.10 Å². The summed E-state index contributed by atoms with van der Waals surface area (Å²) in [7, 11) is 1.93. The van der Waals surface area contributed by atoms with Crippen LogP contribution in [-0.2, 0) is 12.5 Å². The lowest BCUT2D eigenvalue weighted by Crippen LogP contribution is -2.17. The van der Waals surface area contributed by atoms with Gasteiger partial charge in [0.1, 0.15) is 5.82 Å². The first kappa shape index (κ1) is 9.23. The van der Waals surface area contributed by atoms with Crippen LogP contribution in [0.25, 0.3) is 0 Å². The van der Waals surface area contributed by atoms with E-state index in [0.717, 1.165) is 18.1 Å². The average Bonchev–Trinajstić information content (AvgIpc) is 2.33. The second-order valence-electron chi connectivity index (χ2n) is 3.84. The van der Waals surface area contributed by atoms with Gasteiger partial charge >= 0.3 is 0 Å². The van der Waals surface area contributed by atoms with Crippen molar-refractivity contribution in [2.45, 2.75) is 39.5 Å². The zero-order valence-electron chi connectivity index (χ0n) is 8.55. The lowest BCUT2D eigenvalue weighted by Gasteiger charge is -2.17. The first-order valence-corrected chi connectivity index (χ1v) is 4.35. The van der Waals surface area contributed by atoms with Crippen molar-refractivity contribution in [3.8, 4) is 0 Å².